The van der Waals surface area contributed by atoms with Crippen LogP contribution >= 0.6 is 0 Å². The van der Waals surface area contributed by atoms with Crippen molar-refractivity contribution < 1.29 is 14.3 Å². The lowest BCUT2D eigenvalue weighted by molar-refractivity contribution is -0.125. The third-order valence-electron chi connectivity index (χ3n) is 2.90. The van der Waals surface area contributed by atoms with E-state index in [0.717, 1.165) is 12.8 Å². The van der Waals surface area contributed by atoms with Crippen LogP contribution in [0.3, 0.4) is 0 Å². The Labute approximate surface area is 118 Å². The van der Waals surface area contributed by atoms with Crippen LogP contribution in [0.5, 0.6) is 5.75 Å². The molecule has 1 saturated carbocycles. The topological polar surface area (TPSA) is 67.4 Å². The Bertz CT molecular complexity index is 496. The van der Waals surface area contributed by atoms with Crippen molar-refractivity contribution in [2.45, 2.75) is 32.8 Å². The van der Waals surface area contributed by atoms with Crippen LogP contribution in [0.4, 0.5) is 5.69 Å². The number of carbonyl (C=O) groups is 2. The van der Waals surface area contributed by atoms with E-state index >= 15 is 0 Å². The number of hydrogen-bond donors (Lipinski definition) is 2. The third-order valence-corrected chi connectivity index (χ3v) is 2.90. The Morgan fingerprint density at radius 2 is 2.00 bits per heavy atom. The number of anilines is 1. The van der Waals surface area contributed by atoms with Crippen LogP contribution < -0.4 is 15.4 Å². The zero-order valence-corrected chi connectivity index (χ0v) is 11.8. The molecule has 5 nitrogen and oxygen atoms in total. The minimum absolute atomic E-state index is 0.00859. The van der Waals surface area contributed by atoms with Crippen molar-refractivity contribution in [3.05, 3.63) is 24.3 Å². The number of nitrogens with one attached hydrogen (secondary N) is 2. The lowest BCUT2D eigenvalue weighted by Crippen LogP contribution is -2.33. The summed E-state index contributed by atoms with van der Waals surface area (Å²) in [6.45, 7) is 3.84. The second-order valence-electron chi connectivity index (χ2n) is 5.20. The standard InChI is InChI=1S/C15H20N2O3/c1-10(2)20-13-6-4-3-5-12(13)17-14(18)9-16-15(19)11-7-8-11/h3-6,10-11H,7-9H2,1-2H3,(H,16,19)(H,17,18). The van der Waals surface area contributed by atoms with E-state index in [9.17, 15) is 9.59 Å². The first-order chi connectivity index (χ1) is 9.56. The van der Waals surface area contributed by atoms with E-state index in [1.807, 2.05) is 26.0 Å². The number of benzene rings is 1. The van der Waals surface area contributed by atoms with E-state index < -0.39 is 0 Å². The molecule has 1 aromatic rings. The molecule has 0 spiro atoms. The molecule has 0 saturated heterocycles. The second kappa shape index (κ2) is 6.41. The summed E-state index contributed by atoms with van der Waals surface area (Å²) < 4.78 is 5.62. The molecule has 0 bridgehead atoms. The quantitative estimate of drug-likeness (QED) is 0.834. The van der Waals surface area contributed by atoms with Gasteiger partial charge in [0, 0.05) is 5.92 Å². The van der Waals surface area contributed by atoms with Crippen LogP contribution in [0.15, 0.2) is 24.3 Å². The van der Waals surface area contributed by atoms with Gasteiger partial charge in [-0.3, -0.25) is 9.59 Å². The smallest absolute Gasteiger partial charge is 0.243 e. The van der Waals surface area contributed by atoms with Crippen molar-refractivity contribution in [3.8, 4) is 5.75 Å². The minimum Gasteiger partial charge on any atom is -0.489 e. The highest BCUT2D eigenvalue weighted by molar-refractivity contribution is 5.96. The lowest BCUT2D eigenvalue weighted by Gasteiger charge is -2.14. The highest BCUT2D eigenvalue weighted by Gasteiger charge is 2.29. The first kappa shape index (κ1) is 14.4. The van der Waals surface area contributed by atoms with Crippen LogP contribution in [0.25, 0.3) is 0 Å². The van der Waals surface area contributed by atoms with Crippen LogP contribution in [0.2, 0.25) is 0 Å². The molecule has 1 aliphatic carbocycles. The Kier molecular flexibility index (Phi) is 4.61. The van der Waals surface area contributed by atoms with Crippen molar-refractivity contribution in [2.75, 3.05) is 11.9 Å². The van der Waals surface area contributed by atoms with Crippen LogP contribution in [-0.4, -0.2) is 24.5 Å². The number of carbonyl (C=O) groups excluding carboxylic acids is 2. The monoisotopic (exact) mass is 276 g/mol. The highest BCUT2D eigenvalue weighted by atomic mass is 16.5. The maximum atomic E-state index is 11.8. The van der Waals surface area contributed by atoms with Crippen LogP contribution in [0.1, 0.15) is 26.7 Å². The SMILES string of the molecule is CC(C)Oc1ccccc1NC(=O)CNC(=O)C1CC1. The fourth-order valence-corrected chi connectivity index (χ4v) is 1.78. The second-order valence-corrected chi connectivity index (χ2v) is 5.20. The number of para-hydroxylation sites is 2. The first-order valence-electron chi connectivity index (χ1n) is 6.89. The van der Waals surface area contributed by atoms with Crippen LogP contribution in [0, 0.1) is 5.92 Å². The molecule has 0 heterocycles. The van der Waals surface area contributed by atoms with Gasteiger partial charge in [-0.25, -0.2) is 0 Å². The molecular weight excluding hydrogens is 256 g/mol. The molecule has 2 N–H and O–H groups in total. The summed E-state index contributed by atoms with van der Waals surface area (Å²) >= 11 is 0. The zero-order chi connectivity index (χ0) is 14.5. The molecule has 0 aromatic heterocycles. The van der Waals surface area contributed by atoms with Gasteiger partial charge in [0.05, 0.1) is 18.3 Å². The molecule has 2 amide bonds. The number of hydrogen-bond acceptors (Lipinski definition) is 3. The third kappa shape index (κ3) is 4.26. The van der Waals surface area contributed by atoms with Gasteiger partial charge in [-0.05, 0) is 38.8 Å². The molecule has 108 valence electrons. The average Bonchev–Trinajstić information content (AvgIpc) is 3.22. The Morgan fingerprint density at radius 3 is 2.65 bits per heavy atom. The van der Waals surface area contributed by atoms with Gasteiger partial charge in [-0.1, -0.05) is 12.1 Å². The lowest BCUT2D eigenvalue weighted by atomic mass is 10.3. The van der Waals surface area contributed by atoms with E-state index in [1.54, 1.807) is 12.1 Å². The van der Waals surface area contributed by atoms with Gasteiger partial charge >= 0.3 is 0 Å². The summed E-state index contributed by atoms with van der Waals surface area (Å²) in [5.41, 5.74) is 0.617. The largest absolute Gasteiger partial charge is 0.489 e. The maximum Gasteiger partial charge on any atom is 0.243 e. The molecule has 0 atom stereocenters. The van der Waals surface area contributed by atoms with Gasteiger partial charge in [0.25, 0.3) is 0 Å². The first-order valence-corrected chi connectivity index (χ1v) is 6.89. The van der Waals surface area contributed by atoms with Gasteiger partial charge in [0.2, 0.25) is 11.8 Å². The summed E-state index contributed by atoms with van der Waals surface area (Å²) in [6, 6.07) is 7.25. The number of rotatable bonds is 6. The van der Waals surface area contributed by atoms with Crippen molar-refractivity contribution in [2.24, 2.45) is 5.92 Å². The summed E-state index contributed by atoms with van der Waals surface area (Å²) in [5, 5.41) is 5.38. The fourth-order valence-electron chi connectivity index (χ4n) is 1.78. The molecule has 5 heteroatoms. The summed E-state index contributed by atoms with van der Waals surface area (Å²) in [5.74, 6) is 0.453. The molecule has 0 unspecified atom stereocenters. The van der Waals surface area contributed by atoms with Gasteiger partial charge in [-0.15, -0.1) is 0 Å². The van der Waals surface area contributed by atoms with E-state index in [-0.39, 0.29) is 30.4 Å². The van der Waals surface area contributed by atoms with Gasteiger partial charge in [0.15, 0.2) is 0 Å². The Morgan fingerprint density at radius 1 is 1.30 bits per heavy atom. The Balaban J connectivity index is 1.88. The molecule has 1 aliphatic rings. The zero-order valence-electron chi connectivity index (χ0n) is 11.8. The summed E-state index contributed by atoms with van der Waals surface area (Å²) in [6.07, 6.45) is 1.89. The molecule has 0 aliphatic heterocycles. The van der Waals surface area contributed by atoms with Crippen molar-refractivity contribution in [1.29, 1.82) is 0 Å². The molecular formula is C15H20N2O3. The maximum absolute atomic E-state index is 11.8. The molecule has 20 heavy (non-hydrogen) atoms. The molecule has 2 rings (SSSR count). The van der Waals surface area contributed by atoms with E-state index in [1.165, 1.54) is 0 Å². The van der Waals surface area contributed by atoms with E-state index in [2.05, 4.69) is 10.6 Å². The van der Waals surface area contributed by atoms with Crippen molar-refractivity contribution in [3.63, 3.8) is 0 Å². The average molecular weight is 276 g/mol. The highest BCUT2D eigenvalue weighted by Crippen LogP contribution is 2.28. The summed E-state index contributed by atoms with van der Waals surface area (Å²) in [4.78, 5) is 23.3. The van der Waals surface area contributed by atoms with Gasteiger partial charge < -0.3 is 15.4 Å². The predicted octanol–water partition coefficient (Wildman–Crippen LogP) is 1.94. The van der Waals surface area contributed by atoms with Gasteiger partial charge in [-0.2, -0.15) is 0 Å². The Hall–Kier alpha value is -2.04. The molecule has 0 radical (unpaired) electrons. The number of amides is 2. The summed E-state index contributed by atoms with van der Waals surface area (Å²) in [7, 11) is 0. The number of ether oxygens (including phenoxy) is 1. The van der Waals surface area contributed by atoms with Crippen LogP contribution in [-0.2, 0) is 9.59 Å². The minimum atomic E-state index is -0.251. The van der Waals surface area contributed by atoms with E-state index in [0.29, 0.717) is 11.4 Å². The fraction of sp³-hybridized carbons (Fsp3) is 0.467. The molecule has 1 aromatic carbocycles. The predicted molar refractivity (Wildman–Crippen MR) is 76.6 cm³/mol. The molecule has 1 fully saturated rings. The van der Waals surface area contributed by atoms with Gasteiger partial charge in [0.1, 0.15) is 5.75 Å². The van der Waals surface area contributed by atoms with Crippen molar-refractivity contribution >= 4 is 17.5 Å². The normalized spacial score (nSPS) is 13.9. The van der Waals surface area contributed by atoms with E-state index in [4.69, 9.17) is 4.74 Å². The van der Waals surface area contributed by atoms with Crippen molar-refractivity contribution in [1.82, 2.24) is 5.32 Å².